The second-order valence-corrected chi connectivity index (χ2v) is 4.94. The number of aromatic nitrogens is 1. The van der Waals surface area contributed by atoms with E-state index in [1.807, 2.05) is 38.2 Å². The first-order valence-corrected chi connectivity index (χ1v) is 6.54. The lowest BCUT2D eigenvalue weighted by Crippen LogP contribution is -2.24. The maximum absolute atomic E-state index is 5.99. The summed E-state index contributed by atoms with van der Waals surface area (Å²) in [4.78, 5) is 6.36. The average Bonchev–Trinajstić information content (AvgIpc) is 2.39. The van der Waals surface area contributed by atoms with Gasteiger partial charge in [0.1, 0.15) is 0 Å². The van der Waals surface area contributed by atoms with Gasteiger partial charge in [0.25, 0.3) is 0 Å². The molecule has 0 aliphatic rings. The number of benzene rings is 1. The number of nitrogen functional groups attached to an aromatic ring is 1. The SMILES string of the molecule is CC(C)OCCN(C)c1ccc(N)c2ccncc12. The van der Waals surface area contributed by atoms with Gasteiger partial charge in [0, 0.05) is 48.1 Å². The van der Waals surface area contributed by atoms with Gasteiger partial charge in [-0.05, 0) is 32.0 Å². The number of nitrogens with two attached hydrogens (primary N) is 1. The predicted molar refractivity (Wildman–Crippen MR) is 80.5 cm³/mol. The van der Waals surface area contributed by atoms with Gasteiger partial charge in [0.05, 0.1) is 12.7 Å². The molecule has 0 aliphatic carbocycles. The van der Waals surface area contributed by atoms with E-state index in [1.54, 1.807) is 6.20 Å². The summed E-state index contributed by atoms with van der Waals surface area (Å²) in [6, 6.07) is 5.93. The Kier molecular flexibility index (Phi) is 4.22. The molecule has 0 saturated heterocycles. The van der Waals surface area contributed by atoms with Crippen LogP contribution in [0.5, 0.6) is 0 Å². The van der Waals surface area contributed by atoms with E-state index in [1.165, 1.54) is 0 Å². The van der Waals surface area contributed by atoms with Crippen LogP contribution in [0.25, 0.3) is 10.8 Å². The Labute approximate surface area is 114 Å². The van der Waals surface area contributed by atoms with Crippen molar-refractivity contribution in [1.29, 1.82) is 0 Å². The Morgan fingerprint density at radius 2 is 2.05 bits per heavy atom. The van der Waals surface area contributed by atoms with E-state index in [-0.39, 0.29) is 6.10 Å². The zero-order valence-electron chi connectivity index (χ0n) is 11.8. The van der Waals surface area contributed by atoms with Gasteiger partial charge in [0.15, 0.2) is 0 Å². The largest absolute Gasteiger partial charge is 0.398 e. The lowest BCUT2D eigenvalue weighted by molar-refractivity contribution is 0.0846. The number of anilines is 2. The van der Waals surface area contributed by atoms with E-state index in [9.17, 15) is 0 Å². The first kappa shape index (κ1) is 13.6. The van der Waals surface area contributed by atoms with Crippen molar-refractivity contribution in [2.24, 2.45) is 0 Å². The number of likely N-dealkylation sites (N-methyl/N-ethyl adjacent to an activating group) is 1. The minimum atomic E-state index is 0.262. The molecular formula is C15H21N3O. The number of pyridine rings is 1. The predicted octanol–water partition coefficient (Wildman–Crippen LogP) is 2.68. The molecule has 2 rings (SSSR count). The molecule has 4 heteroatoms. The van der Waals surface area contributed by atoms with Gasteiger partial charge in [0.2, 0.25) is 0 Å². The number of hydrogen-bond acceptors (Lipinski definition) is 4. The quantitative estimate of drug-likeness (QED) is 0.839. The van der Waals surface area contributed by atoms with Gasteiger partial charge in [-0.15, -0.1) is 0 Å². The molecule has 1 aromatic carbocycles. The zero-order chi connectivity index (χ0) is 13.8. The molecule has 19 heavy (non-hydrogen) atoms. The topological polar surface area (TPSA) is 51.4 Å². The second-order valence-electron chi connectivity index (χ2n) is 4.94. The van der Waals surface area contributed by atoms with Gasteiger partial charge < -0.3 is 15.4 Å². The highest BCUT2D eigenvalue weighted by Crippen LogP contribution is 2.29. The average molecular weight is 259 g/mol. The summed E-state index contributed by atoms with van der Waals surface area (Å²) in [6.45, 7) is 5.64. The molecule has 4 nitrogen and oxygen atoms in total. The lowest BCUT2D eigenvalue weighted by atomic mass is 10.1. The van der Waals surface area contributed by atoms with E-state index in [2.05, 4.69) is 16.9 Å². The van der Waals surface area contributed by atoms with Crippen LogP contribution in [0.2, 0.25) is 0 Å². The van der Waals surface area contributed by atoms with Gasteiger partial charge >= 0.3 is 0 Å². The van der Waals surface area contributed by atoms with Crippen LogP contribution in [-0.4, -0.2) is 31.3 Å². The maximum Gasteiger partial charge on any atom is 0.0644 e. The molecule has 0 atom stereocenters. The minimum absolute atomic E-state index is 0.262. The van der Waals surface area contributed by atoms with E-state index < -0.39 is 0 Å². The van der Waals surface area contributed by atoms with Crippen molar-refractivity contribution in [1.82, 2.24) is 4.98 Å². The second kappa shape index (κ2) is 5.89. The highest BCUT2D eigenvalue weighted by Gasteiger charge is 2.08. The summed E-state index contributed by atoms with van der Waals surface area (Å²) in [5, 5.41) is 2.12. The number of ether oxygens (including phenoxy) is 1. The zero-order valence-corrected chi connectivity index (χ0v) is 11.8. The van der Waals surface area contributed by atoms with Crippen molar-refractivity contribution in [2.45, 2.75) is 20.0 Å². The van der Waals surface area contributed by atoms with E-state index in [4.69, 9.17) is 10.5 Å². The fraction of sp³-hybridized carbons (Fsp3) is 0.400. The third kappa shape index (κ3) is 3.15. The molecule has 0 bridgehead atoms. The van der Waals surface area contributed by atoms with Gasteiger partial charge in [-0.1, -0.05) is 0 Å². The van der Waals surface area contributed by atoms with Crippen LogP contribution in [0.1, 0.15) is 13.8 Å². The van der Waals surface area contributed by atoms with Gasteiger partial charge in [-0.2, -0.15) is 0 Å². The maximum atomic E-state index is 5.99. The van der Waals surface area contributed by atoms with Crippen LogP contribution in [0.15, 0.2) is 30.6 Å². The molecule has 0 spiro atoms. The summed E-state index contributed by atoms with van der Waals surface area (Å²) in [7, 11) is 2.06. The molecule has 1 heterocycles. The molecule has 2 aromatic rings. The molecule has 0 aliphatic heterocycles. The number of nitrogens with zero attached hydrogens (tertiary/aromatic N) is 2. The highest BCUT2D eigenvalue weighted by atomic mass is 16.5. The Balaban J connectivity index is 2.22. The van der Waals surface area contributed by atoms with Crippen LogP contribution in [0, 0.1) is 0 Å². The summed E-state index contributed by atoms with van der Waals surface area (Å²) >= 11 is 0. The molecular weight excluding hydrogens is 238 g/mol. The van der Waals surface area contributed by atoms with E-state index in [0.29, 0.717) is 6.61 Å². The molecule has 2 N–H and O–H groups in total. The fourth-order valence-electron chi connectivity index (χ4n) is 2.08. The summed E-state index contributed by atoms with van der Waals surface area (Å²) in [5.74, 6) is 0. The Morgan fingerprint density at radius 3 is 2.79 bits per heavy atom. The number of hydrogen-bond donors (Lipinski definition) is 1. The molecule has 0 saturated carbocycles. The van der Waals surface area contributed by atoms with Gasteiger partial charge in [-0.25, -0.2) is 0 Å². The van der Waals surface area contributed by atoms with Gasteiger partial charge in [-0.3, -0.25) is 4.98 Å². The third-order valence-corrected chi connectivity index (χ3v) is 3.12. The normalized spacial score (nSPS) is 11.2. The van der Waals surface area contributed by atoms with Crippen molar-refractivity contribution < 1.29 is 4.74 Å². The molecule has 0 radical (unpaired) electrons. The lowest BCUT2D eigenvalue weighted by Gasteiger charge is -2.22. The van der Waals surface area contributed by atoms with E-state index in [0.717, 1.165) is 28.7 Å². The molecule has 102 valence electrons. The molecule has 0 amide bonds. The standard InChI is InChI=1S/C15H21N3O/c1-11(2)19-9-8-18(3)15-5-4-14(16)12-6-7-17-10-13(12)15/h4-7,10-11H,8-9,16H2,1-3H3. The van der Waals surface area contributed by atoms with E-state index >= 15 is 0 Å². The summed E-state index contributed by atoms with van der Waals surface area (Å²) in [6.07, 6.45) is 3.89. The van der Waals surface area contributed by atoms with Crippen LogP contribution < -0.4 is 10.6 Å². The number of fused-ring (bicyclic) bond motifs is 1. The molecule has 1 aromatic heterocycles. The smallest absolute Gasteiger partial charge is 0.0644 e. The molecule has 0 fully saturated rings. The minimum Gasteiger partial charge on any atom is -0.398 e. The summed E-state index contributed by atoms with van der Waals surface area (Å²) < 4.78 is 5.59. The Bertz CT molecular complexity index is 554. The van der Waals surface area contributed by atoms with Crippen molar-refractivity contribution in [2.75, 3.05) is 30.8 Å². The van der Waals surface area contributed by atoms with Crippen molar-refractivity contribution in [3.05, 3.63) is 30.6 Å². The van der Waals surface area contributed by atoms with Crippen molar-refractivity contribution in [3.8, 4) is 0 Å². The van der Waals surface area contributed by atoms with Crippen LogP contribution in [0.4, 0.5) is 11.4 Å². The number of rotatable bonds is 5. The van der Waals surface area contributed by atoms with Crippen molar-refractivity contribution >= 4 is 22.1 Å². The van der Waals surface area contributed by atoms with Crippen LogP contribution in [0.3, 0.4) is 0 Å². The third-order valence-electron chi connectivity index (χ3n) is 3.12. The highest BCUT2D eigenvalue weighted by molar-refractivity contribution is 6.00. The van der Waals surface area contributed by atoms with Crippen LogP contribution >= 0.6 is 0 Å². The first-order chi connectivity index (χ1) is 9.09. The fourth-order valence-corrected chi connectivity index (χ4v) is 2.08. The molecule has 0 unspecified atom stereocenters. The van der Waals surface area contributed by atoms with Crippen LogP contribution in [-0.2, 0) is 4.74 Å². The Morgan fingerprint density at radius 1 is 1.26 bits per heavy atom. The monoisotopic (exact) mass is 259 g/mol. The summed E-state index contributed by atoms with van der Waals surface area (Å²) in [5.41, 5.74) is 7.91. The van der Waals surface area contributed by atoms with Crippen molar-refractivity contribution in [3.63, 3.8) is 0 Å². The Hall–Kier alpha value is -1.81. The first-order valence-electron chi connectivity index (χ1n) is 6.54.